The first-order chi connectivity index (χ1) is 17.4. The van der Waals surface area contributed by atoms with E-state index in [4.69, 9.17) is 26.1 Å². The summed E-state index contributed by atoms with van der Waals surface area (Å²) >= 11 is 6.39. The zero-order valence-corrected chi connectivity index (χ0v) is 21.8. The largest absolute Gasteiger partial charge is 0.381 e. The summed E-state index contributed by atoms with van der Waals surface area (Å²) in [5.74, 6) is 0.592. The molecular formula is C27H34ClN5O3. The molecule has 2 aliphatic rings. The van der Waals surface area contributed by atoms with Crippen LogP contribution in [0.3, 0.4) is 0 Å². The van der Waals surface area contributed by atoms with E-state index in [1.165, 1.54) is 0 Å². The first-order valence-corrected chi connectivity index (χ1v) is 13.1. The van der Waals surface area contributed by atoms with Gasteiger partial charge < -0.3 is 19.9 Å². The van der Waals surface area contributed by atoms with Crippen LogP contribution in [0.5, 0.6) is 0 Å². The highest BCUT2D eigenvalue weighted by atomic mass is 35.5. The van der Waals surface area contributed by atoms with Gasteiger partial charge in [-0.3, -0.25) is 4.90 Å². The smallest absolute Gasteiger partial charge is 0.223 e. The van der Waals surface area contributed by atoms with E-state index < -0.39 is 6.23 Å². The van der Waals surface area contributed by atoms with Gasteiger partial charge in [-0.15, -0.1) is 0 Å². The number of aromatic nitrogens is 3. The summed E-state index contributed by atoms with van der Waals surface area (Å²) in [6, 6.07) is 8.23. The number of aliphatic hydroxyl groups excluding tert-OH is 1. The lowest BCUT2D eigenvalue weighted by Crippen LogP contribution is -2.46. The normalized spacial score (nSPS) is 26.1. The Kier molecular flexibility index (Phi) is 7.69. The van der Waals surface area contributed by atoms with E-state index in [2.05, 4.69) is 20.2 Å². The average molecular weight is 512 g/mol. The number of fused-ring (bicyclic) bond motifs is 1. The maximum atomic E-state index is 11.0. The minimum absolute atomic E-state index is 0.0895. The first kappa shape index (κ1) is 25.3. The van der Waals surface area contributed by atoms with Gasteiger partial charge in [-0.05, 0) is 50.7 Å². The Hall–Kier alpha value is -2.36. The van der Waals surface area contributed by atoms with Crippen molar-refractivity contribution >= 4 is 28.5 Å². The number of halogens is 1. The minimum Gasteiger partial charge on any atom is -0.381 e. The molecule has 0 bridgehead atoms. The molecule has 5 rings (SSSR count). The topological polar surface area (TPSA) is 92.6 Å². The summed E-state index contributed by atoms with van der Waals surface area (Å²) in [6.45, 7) is 5.46. The molecule has 9 heteroatoms. The molecule has 3 heterocycles. The molecule has 8 nitrogen and oxygen atoms in total. The van der Waals surface area contributed by atoms with Gasteiger partial charge in [-0.25, -0.2) is 15.0 Å². The third-order valence-electron chi connectivity index (χ3n) is 7.23. The second-order valence-corrected chi connectivity index (χ2v) is 10.3. The van der Waals surface area contributed by atoms with Crippen LogP contribution < -0.4 is 5.32 Å². The molecule has 1 saturated carbocycles. The van der Waals surface area contributed by atoms with Crippen molar-refractivity contribution in [2.24, 2.45) is 0 Å². The number of nitrogens with one attached hydrogen (secondary N) is 1. The molecule has 1 aliphatic heterocycles. The lowest BCUT2D eigenvalue weighted by atomic mass is 9.93. The highest BCUT2D eigenvalue weighted by Gasteiger charge is 2.28. The lowest BCUT2D eigenvalue weighted by Gasteiger charge is -2.38. The Morgan fingerprint density at radius 1 is 1.06 bits per heavy atom. The number of morpholine rings is 1. The van der Waals surface area contributed by atoms with Crippen molar-refractivity contribution in [3.63, 3.8) is 0 Å². The molecule has 1 aliphatic carbocycles. The van der Waals surface area contributed by atoms with Crippen LogP contribution in [0.1, 0.15) is 51.3 Å². The van der Waals surface area contributed by atoms with Gasteiger partial charge in [0.2, 0.25) is 5.95 Å². The van der Waals surface area contributed by atoms with Crippen molar-refractivity contribution in [2.45, 2.75) is 70.1 Å². The first-order valence-electron chi connectivity index (χ1n) is 12.7. The van der Waals surface area contributed by atoms with Gasteiger partial charge in [0.1, 0.15) is 11.4 Å². The molecule has 1 saturated heterocycles. The molecule has 2 fully saturated rings. The fourth-order valence-corrected chi connectivity index (χ4v) is 5.55. The molecule has 192 valence electrons. The molecule has 0 spiro atoms. The van der Waals surface area contributed by atoms with Crippen LogP contribution >= 0.6 is 11.6 Å². The van der Waals surface area contributed by atoms with Crippen LogP contribution in [0.2, 0.25) is 5.15 Å². The summed E-state index contributed by atoms with van der Waals surface area (Å²) in [5, 5.41) is 15.6. The van der Waals surface area contributed by atoms with Crippen molar-refractivity contribution in [1.29, 1.82) is 0 Å². The summed E-state index contributed by atoms with van der Waals surface area (Å²) in [7, 11) is 1.78. The second kappa shape index (κ2) is 10.9. The van der Waals surface area contributed by atoms with Gasteiger partial charge in [-0.2, -0.15) is 0 Å². The van der Waals surface area contributed by atoms with Crippen LogP contribution in [-0.4, -0.2) is 69.5 Å². The standard InChI is InChI=1S/C27H34ClN5O3/c1-16-14-33(15-17(2)36-16)26(34)19-6-4-18(5-7-19)22-12-29-25(28)23-13-30-27(32-24(22)23)31-20-8-10-21(35-3)11-9-20/h4-7,12-13,16-17,20-21,26,34H,8-11,14-15H2,1-3H3,(H,30,31,32)/t16-,17+,20?,21?,26?. The Morgan fingerprint density at radius 2 is 1.75 bits per heavy atom. The predicted octanol–water partition coefficient (Wildman–Crippen LogP) is 4.81. The molecule has 2 aromatic heterocycles. The van der Waals surface area contributed by atoms with Gasteiger partial charge in [0.05, 0.1) is 29.2 Å². The Labute approximate surface area is 217 Å². The molecule has 3 atom stereocenters. The maximum absolute atomic E-state index is 11.0. The SMILES string of the molecule is COC1CCC(Nc2ncc3c(Cl)ncc(-c4ccc(C(O)N5C[C@@H](C)O[C@@H](C)C5)cc4)c3n2)CC1. The fraction of sp³-hybridized carbons (Fsp3) is 0.519. The van der Waals surface area contributed by atoms with Gasteiger partial charge in [0, 0.05) is 44.2 Å². The maximum Gasteiger partial charge on any atom is 0.223 e. The van der Waals surface area contributed by atoms with E-state index >= 15 is 0 Å². The van der Waals surface area contributed by atoms with Crippen LogP contribution in [0.15, 0.2) is 36.7 Å². The van der Waals surface area contributed by atoms with Crippen LogP contribution in [0.25, 0.3) is 22.0 Å². The third kappa shape index (κ3) is 5.48. The molecule has 36 heavy (non-hydrogen) atoms. The van der Waals surface area contributed by atoms with Crippen molar-refractivity contribution in [3.8, 4) is 11.1 Å². The zero-order chi connectivity index (χ0) is 25.2. The number of rotatable bonds is 6. The molecule has 0 radical (unpaired) electrons. The van der Waals surface area contributed by atoms with E-state index in [0.29, 0.717) is 41.7 Å². The number of hydrogen-bond donors (Lipinski definition) is 2. The molecule has 0 amide bonds. The summed E-state index contributed by atoms with van der Waals surface area (Å²) in [4.78, 5) is 15.8. The zero-order valence-electron chi connectivity index (χ0n) is 21.0. The molecule has 1 aromatic carbocycles. The lowest BCUT2D eigenvalue weighted by molar-refractivity contribution is -0.121. The number of anilines is 1. The third-order valence-corrected chi connectivity index (χ3v) is 7.53. The van der Waals surface area contributed by atoms with Crippen molar-refractivity contribution in [2.75, 3.05) is 25.5 Å². The number of nitrogens with zero attached hydrogens (tertiary/aromatic N) is 4. The number of methoxy groups -OCH3 is 1. The molecule has 2 N–H and O–H groups in total. The Morgan fingerprint density at radius 3 is 2.42 bits per heavy atom. The average Bonchev–Trinajstić information content (AvgIpc) is 2.88. The van der Waals surface area contributed by atoms with Crippen molar-refractivity contribution < 1.29 is 14.6 Å². The molecule has 1 unspecified atom stereocenters. The Bertz CT molecular complexity index is 1180. The Balaban J connectivity index is 1.38. The number of ether oxygens (including phenoxy) is 2. The number of hydrogen-bond acceptors (Lipinski definition) is 8. The monoisotopic (exact) mass is 511 g/mol. The quantitative estimate of drug-likeness (QED) is 0.455. The van der Waals surface area contributed by atoms with Crippen molar-refractivity contribution in [3.05, 3.63) is 47.4 Å². The van der Waals surface area contributed by atoms with Crippen molar-refractivity contribution in [1.82, 2.24) is 19.9 Å². The van der Waals surface area contributed by atoms with Gasteiger partial charge >= 0.3 is 0 Å². The highest BCUT2D eigenvalue weighted by Crippen LogP contribution is 2.32. The summed E-state index contributed by atoms with van der Waals surface area (Å²) in [5.41, 5.74) is 3.42. The van der Waals surface area contributed by atoms with Gasteiger partial charge in [0.15, 0.2) is 0 Å². The van der Waals surface area contributed by atoms with Crippen LogP contribution in [0.4, 0.5) is 5.95 Å². The minimum atomic E-state index is -0.681. The predicted molar refractivity (Wildman–Crippen MR) is 141 cm³/mol. The fourth-order valence-electron chi connectivity index (χ4n) is 5.36. The second-order valence-electron chi connectivity index (χ2n) is 9.98. The highest BCUT2D eigenvalue weighted by molar-refractivity contribution is 6.34. The van der Waals surface area contributed by atoms with Crippen LogP contribution in [0, 0.1) is 0 Å². The van der Waals surface area contributed by atoms with Gasteiger partial charge in [-0.1, -0.05) is 35.9 Å². The van der Waals surface area contributed by atoms with E-state index in [-0.39, 0.29) is 12.2 Å². The van der Waals surface area contributed by atoms with E-state index in [1.807, 2.05) is 38.1 Å². The molecular weight excluding hydrogens is 478 g/mol. The molecule has 3 aromatic rings. The van der Waals surface area contributed by atoms with Crippen LogP contribution in [-0.2, 0) is 9.47 Å². The van der Waals surface area contributed by atoms with E-state index in [9.17, 15) is 5.11 Å². The van der Waals surface area contributed by atoms with Gasteiger partial charge in [0.25, 0.3) is 0 Å². The number of benzene rings is 1. The number of pyridine rings is 1. The van der Waals surface area contributed by atoms with E-state index in [1.54, 1.807) is 19.5 Å². The summed E-state index contributed by atoms with van der Waals surface area (Å²) < 4.78 is 11.3. The summed E-state index contributed by atoms with van der Waals surface area (Å²) in [6.07, 6.45) is 7.44. The van der Waals surface area contributed by atoms with E-state index in [0.717, 1.165) is 47.9 Å². The number of aliphatic hydroxyl groups is 1.